The fraction of sp³-hybridized carbons (Fsp3) is 0.0435. The summed E-state index contributed by atoms with van der Waals surface area (Å²) >= 11 is 0. The first kappa shape index (κ1) is 15.1. The molecule has 0 aliphatic heterocycles. The van der Waals surface area contributed by atoms with Crippen molar-refractivity contribution in [2.75, 3.05) is 0 Å². The number of fused-ring (bicyclic) bond motifs is 1. The monoisotopic (exact) mass is 326 g/mol. The first-order valence-electron chi connectivity index (χ1n) is 8.23. The number of aryl methyl sites for hydroxylation is 1. The van der Waals surface area contributed by atoms with Crippen LogP contribution in [-0.2, 0) is 0 Å². The summed E-state index contributed by atoms with van der Waals surface area (Å²) in [5.74, 6) is 0. The smallest absolute Gasteiger partial charge is 0.00725 e. The van der Waals surface area contributed by atoms with Crippen LogP contribution in [0.25, 0.3) is 10.8 Å². The van der Waals surface area contributed by atoms with Crippen LogP contribution in [0.4, 0.5) is 0 Å². The van der Waals surface area contributed by atoms with Crippen LogP contribution in [0.2, 0.25) is 0 Å². The van der Waals surface area contributed by atoms with Gasteiger partial charge < -0.3 is 0 Å². The zero-order chi connectivity index (χ0) is 16.4. The van der Waals surface area contributed by atoms with Crippen molar-refractivity contribution in [1.82, 2.24) is 0 Å². The van der Waals surface area contributed by atoms with E-state index in [2.05, 4.69) is 104 Å². The Balaban J connectivity index is 2.01. The minimum Gasteiger partial charge on any atom is -0.0622 e. The molecule has 0 bridgehead atoms. The van der Waals surface area contributed by atoms with Gasteiger partial charge in [-0.1, -0.05) is 97.1 Å². The van der Waals surface area contributed by atoms with Crippen molar-refractivity contribution in [3.63, 3.8) is 0 Å². The number of benzene rings is 4. The quantitative estimate of drug-likeness (QED) is 0.469. The minimum absolute atomic E-state index is 0.567. The van der Waals surface area contributed by atoms with Gasteiger partial charge in [0.05, 0.1) is 0 Å². The van der Waals surface area contributed by atoms with E-state index in [1.54, 1.807) is 0 Å². The number of rotatable bonds is 3. The summed E-state index contributed by atoms with van der Waals surface area (Å²) in [5, 5.41) is 6.95. The molecule has 0 nitrogen and oxygen atoms in total. The normalized spacial score (nSPS) is 12.2. The topological polar surface area (TPSA) is 0 Å². The van der Waals surface area contributed by atoms with Gasteiger partial charge in [-0.05, 0) is 47.1 Å². The van der Waals surface area contributed by atoms with E-state index in [9.17, 15) is 0 Å². The van der Waals surface area contributed by atoms with Crippen LogP contribution >= 0.6 is 7.92 Å². The molecule has 0 N–H and O–H groups in total. The predicted molar refractivity (Wildman–Crippen MR) is 107 cm³/mol. The van der Waals surface area contributed by atoms with Crippen molar-refractivity contribution < 1.29 is 0 Å². The van der Waals surface area contributed by atoms with Gasteiger partial charge in [-0.25, -0.2) is 0 Å². The molecule has 1 unspecified atom stereocenters. The molecule has 1 heteroatoms. The van der Waals surface area contributed by atoms with Gasteiger partial charge in [0.15, 0.2) is 0 Å². The van der Waals surface area contributed by atoms with Crippen LogP contribution in [-0.4, -0.2) is 0 Å². The lowest BCUT2D eigenvalue weighted by Crippen LogP contribution is -2.22. The molecule has 1 atom stereocenters. The summed E-state index contributed by atoms with van der Waals surface area (Å²) in [6.45, 7) is 2.22. The molecule has 24 heavy (non-hydrogen) atoms. The second kappa shape index (κ2) is 6.59. The maximum absolute atomic E-state index is 2.30. The van der Waals surface area contributed by atoms with Crippen molar-refractivity contribution in [1.29, 1.82) is 0 Å². The van der Waals surface area contributed by atoms with Gasteiger partial charge in [-0.2, -0.15) is 0 Å². The van der Waals surface area contributed by atoms with Gasteiger partial charge in [-0.15, -0.1) is 0 Å². The molecule has 0 amide bonds. The average Bonchev–Trinajstić information content (AvgIpc) is 2.65. The Hall–Kier alpha value is -2.43. The number of hydrogen-bond acceptors (Lipinski definition) is 0. The molecular weight excluding hydrogens is 307 g/mol. The lowest BCUT2D eigenvalue weighted by Gasteiger charge is -2.22. The highest BCUT2D eigenvalue weighted by Gasteiger charge is 2.19. The van der Waals surface area contributed by atoms with Crippen LogP contribution in [0.5, 0.6) is 0 Å². The average molecular weight is 326 g/mol. The Morgan fingerprint density at radius 3 is 2.00 bits per heavy atom. The molecule has 4 aromatic carbocycles. The van der Waals surface area contributed by atoms with Gasteiger partial charge in [0.2, 0.25) is 0 Å². The first-order chi connectivity index (χ1) is 11.8. The third kappa shape index (κ3) is 2.75. The Morgan fingerprint density at radius 2 is 1.17 bits per heavy atom. The Labute approximate surface area is 144 Å². The molecule has 4 aromatic rings. The van der Waals surface area contributed by atoms with Crippen molar-refractivity contribution in [2.45, 2.75) is 6.92 Å². The van der Waals surface area contributed by atoms with Crippen molar-refractivity contribution in [3.8, 4) is 0 Å². The van der Waals surface area contributed by atoms with Crippen LogP contribution in [0.15, 0.2) is 97.1 Å². The second-order valence-electron chi connectivity index (χ2n) is 5.96. The highest BCUT2D eigenvalue weighted by Crippen LogP contribution is 2.36. The van der Waals surface area contributed by atoms with Crippen LogP contribution in [0, 0.1) is 6.92 Å². The summed E-state index contributed by atoms with van der Waals surface area (Å²) in [5.41, 5.74) is 1.36. The Bertz CT molecular complexity index is 968. The molecule has 4 rings (SSSR count). The van der Waals surface area contributed by atoms with Gasteiger partial charge in [0.1, 0.15) is 0 Å². The summed E-state index contributed by atoms with van der Waals surface area (Å²) < 4.78 is 0. The van der Waals surface area contributed by atoms with Crippen molar-refractivity contribution in [3.05, 3.63) is 103 Å². The standard InChI is InChI=1S/C23H19P/c1-18-10-5-8-16-22(18)24(20-13-3-2-4-14-20)23-17-9-12-19-11-6-7-15-21(19)23/h2-17H,1H3. The third-order valence-corrected chi connectivity index (χ3v) is 7.05. The fourth-order valence-corrected chi connectivity index (χ4v) is 5.83. The van der Waals surface area contributed by atoms with E-state index in [1.165, 1.54) is 32.2 Å². The fourth-order valence-electron chi connectivity index (χ4n) is 3.20. The molecule has 0 fully saturated rings. The molecule has 0 saturated heterocycles. The molecule has 0 aliphatic rings. The molecular formula is C23H19P. The van der Waals surface area contributed by atoms with Crippen LogP contribution in [0.1, 0.15) is 5.56 Å². The highest BCUT2D eigenvalue weighted by molar-refractivity contribution is 7.80. The molecule has 0 aromatic heterocycles. The molecule has 0 spiro atoms. The van der Waals surface area contributed by atoms with Gasteiger partial charge in [0.25, 0.3) is 0 Å². The summed E-state index contributed by atoms with van der Waals surface area (Å²) in [6, 6.07) is 35.1. The van der Waals surface area contributed by atoms with Gasteiger partial charge in [-0.3, -0.25) is 0 Å². The summed E-state index contributed by atoms with van der Waals surface area (Å²) in [7, 11) is -0.567. The third-order valence-electron chi connectivity index (χ3n) is 4.38. The number of hydrogen-bond donors (Lipinski definition) is 0. The van der Waals surface area contributed by atoms with E-state index in [4.69, 9.17) is 0 Å². The molecule has 0 heterocycles. The summed E-state index contributed by atoms with van der Waals surface area (Å²) in [4.78, 5) is 0. The van der Waals surface area contributed by atoms with E-state index in [1.807, 2.05) is 0 Å². The van der Waals surface area contributed by atoms with E-state index >= 15 is 0 Å². The van der Waals surface area contributed by atoms with E-state index in [0.717, 1.165) is 0 Å². The minimum atomic E-state index is -0.567. The molecule has 0 saturated carbocycles. The zero-order valence-electron chi connectivity index (χ0n) is 13.7. The largest absolute Gasteiger partial charge is 0.0622 e. The lowest BCUT2D eigenvalue weighted by atomic mass is 10.1. The van der Waals surface area contributed by atoms with Crippen LogP contribution in [0.3, 0.4) is 0 Å². The predicted octanol–water partition coefficient (Wildman–Crippen LogP) is 4.91. The van der Waals surface area contributed by atoms with Crippen molar-refractivity contribution >= 4 is 34.6 Å². The maximum Gasteiger partial charge on any atom is -0.00725 e. The van der Waals surface area contributed by atoms with E-state index in [-0.39, 0.29) is 0 Å². The molecule has 0 radical (unpaired) electrons. The van der Waals surface area contributed by atoms with E-state index in [0.29, 0.717) is 0 Å². The van der Waals surface area contributed by atoms with Crippen molar-refractivity contribution in [2.24, 2.45) is 0 Å². The lowest BCUT2D eigenvalue weighted by molar-refractivity contribution is 1.52. The van der Waals surface area contributed by atoms with Gasteiger partial charge >= 0.3 is 0 Å². The Kier molecular flexibility index (Phi) is 4.15. The zero-order valence-corrected chi connectivity index (χ0v) is 14.6. The maximum atomic E-state index is 2.30. The van der Waals surface area contributed by atoms with E-state index < -0.39 is 7.92 Å². The highest BCUT2D eigenvalue weighted by atomic mass is 31.1. The SMILES string of the molecule is Cc1ccccc1P(c1ccccc1)c1cccc2ccccc12. The molecule has 116 valence electrons. The van der Waals surface area contributed by atoms with Gasteiger partial charge in [0, 0.05) is 0 Å². The Morgan fingerprint density at radius 1 is 0.542 bits per heavy atom. The van der Waals surface area contributed by atoms with Crippen LogP contribution < -0.4 is 15.9 Å². The first-order valence-corrected chi connectivity index (χ1v) is 9.57. The second-order valence-corrected chi connectivity index (χ2v) is 8.11. The summed E-state index contributed by atoms with van der Waals surface area (Å²) in [6.07, 6.45) is 0. The molecule has 0 aliphatic carbocycles.